The molecular weight excluding hydrogens is 168 g/mol. The Morgan fingerprint density at radius 3 is 2.62 bits per heavy atom. The first-order valence-electron chi connectivity index (χ1n) is 4.87. The summed E-state index contributed by atoms with van der Waals surface area (Å²) in [6.45, 7) is 5.09. The quantitative estimate of drug-likeness (QED) is 0.585. The Balaban J connectivity index is 3.17. The second-order valence-corrected chi connectivity index (χ2v) is 3.58. The van der Waals surface area contributed by atoms with Gasteiger partial charge in [0.2, 0.25) is 0 Å². The van der Waals surface area contributed by atoms with Crippen LogP contribution in [-0.2, 0) is 9.53 Å². The molecule has 0 aromatic carbocycles. The van der Waals surface area contributed by atoms with Gasteiger partial charge in [0.05, 0.1) is 13.2 Å². The fourth-order valence-corrected chi connectivity index (χ4v) is 1.10. The lowest BCUT2D eigenvalue weighted by molar-refractivity contribution is -0.120. The van der Waals surface area contributed by atoms with Gasteiger partial charge in [-0.05, 0) is 12.3 Å². The average molecular weight is 188 g/mol. The summed E-state index contributed by atoms with van der Waals surface area (Å²) in [5.41, 5.74) is 0. The fraction of sp³-hybridized carbons (Fsp3) is 0.900. The van der Waals surface area contributed by atoms with Gasteiger partial charge >= 0.3 is 0 Å². The molecule has 0 saturated heterocycles. The molecule has 0 radical (unpaired) electrons. The lowest BCUT2D eigenvalue weighted by Crippen LogP contribution is -2.06. The van der Waals surface area contributed by atoms with E-state index < -0.39 is 0 Å². The van der Waals surface area contributed by atoms with Crippen molar-refractivity contribution < 1.29 is 14.6 Å². The van der Waals surface area contributed by atoms with Gasteiger partial charge in [-0.15, -0.1) is 0 Å². The molecule has 0 spiro atoms. The summed E-state index contributed by atoms with van der Waals surface area (Å²) in [5, 5.41) is 8.40. The van der Waals surface area contributed by atoms with Gasteiger partial charge in [0, 0.05) is 19.4 Å². The first kappa shape index (κ1) is 12.6. The molecule has 0 amide bonds. The van der Waals surface area contributed by atoms with Crippen LogP contribution in [0.25, 0.3) is 0 Å². The van der Waals surface area contributed by atoms with Crippen LogP contribution in [0.2, 0.25) is 0 Å². The van der Waals surface area contributed by atoms with E-state index >= 15 is 0 Å². The van der Waals surface area contributed by atoms with E-state index in [1.807, 2.05) is 13.8 Å². The molecule has 0 heterocycles. The molecule has 0 aliphatic rings. The zero-order valence-electron chi connectivity index (χ0n) is 8.58. The molecule has 0 atom stereocenters. The van der Waals surface area contributed by atoms with Crippen LogP contribution < -0.4 is 0 Å². The van der Waals surface area contributed by atoms with Gasteiger partial charge in [0.1, 0.15) is 5.78 Å². The van der Waals surface area contributed by atoms with Crippen LogP contribution in [0.1, 0.15) is 33.1 Å². The number of ether oxygens (including phenoxy) is 1. The number of aliphatic hydroxyl groups is 1. The minimum Gasteiger partial charge on any atom is -0.394 e. The van der Waals surface area contributed by atoms with Crippen LogP contribution in [0, 0.1) is 5.92 Å². The molecule has 13 heavy (non-hydrogen) atoms. The maximum atomic E-state index is 11.2. The lowest BCUT2D eigenvalue weighted by atomic mass is 10.0. The topological polar surface area (TPSA) is 46.5 Å². The number of carbonyl (C=O) groups is 1. The fourth-order valence-electron chi connectivity index (χ4n) is 1.10. The Kier molecular flexibility index (Phi) is 7.94. The molecule has 0 bridgehead atoms. The third kappa shape index (κ3) is 9.50. The predicted molar refractivity (Wildman–Crippen MR) is 51.6 cm³/mol. The van der Waals surface area contributed by atoms with Crippen LogP contribution in [0.15, 0.2) is 0 Å². The second kappa shape index (κ2) is 8.20. The summed E-state index contributed by atoms with van der Waals surface area (Å²) < 4.78 is 5.04. The Morgan fingerprint density at radius 2 is 2.08 bits per heavy atom. The summed E-state index contributed by atoms with van der Waals surface area (Å²) >= 11 is 0. The average Bonchev–Trinajstić information content (AvgIpc) is 2.02. The zero-order valence-corrected chi connectivity index (χ0v) is 8.58. The summed E-state index contributed by atoms with van der Waals surface area (Å²) in [4.78, 5) is 11.2. The molecule has 3 heteroatoms. The van der Waals surface area contributed by atoms with Crippen molar-refractivity contribution in [3.8, 4) is 0 Å². The first-order valence-corrected chi connectivity index (χ1v) is 4.87. The summed E-state index contributed by atoms with van der Waals surface area (Å²) in [6, 6.07) is 0. The highest BCUT2D eigenvalue weighted by Crippen LogP contribution is 2.04. The van der Waals surface area contributed by atoms with Gasteiger partial charge in [0.25, 0.3) is 0 Å². The molecule has 0 aromatic rings. The SMILES string of the molecule is CC(C)CC(=O)CCCOCCO. The molecule has 0 unspecified atom stereocenters. The number of carbonyl (C=O) groups excluding carboxylic acids is 1. The van der Waals surface area contributed by atoms with Gasteiger partial charge < -0.3 is 9.84 Å². The van der Waals surface area contributed by atoms with E-state index in [-0.39, 0.29) is 6.61 Å². The summed E-state index contributed by atoms with van der Waals surface area (Å²) in [5.74, 6) is 0.758. The summed E-state index contributed by atoms with van der Waals surface area (Å²) in [6.07, 6.45) is 2.04. The van der Waals surface area contributed by atoms with Crippen molar-refractivity contribution >= 4 is 5.78 Å². The maximum Gasteiger partial charge on any atom is 0.133 e. The summed E-state index contributed by atoms with van der Waals surface area (Å²) in [7, 11) is 0. The van der Waals surface area contributed by atoms with Crippen LogP contribution in [0.4, 0.5) is 0 Å². The normalized spacial score (nSPS) is 10.8. The predicted octanol–water partition coefficient (Wildman–Crippen LogP) is 1.39. The third-order valence-corrected chi connectivity index (χ3v) is 1.62. The number of ketones is 1. The van der Waals surface area contributed by atoms with Gasteiger partial charge in [-0.25, -0.2) is 0 Å². The minimum atomic E-state index is 0.0555. The number of hydrogen-bond donors (Lipinski definition) is 1. The third-order valence-electron chi connectivity index (χ3n) is 1.62. The number of hydrogen-bond acceptors (Lipinski definition) is 3. The Bertz CT molecular complexity index is 132. The molecule has 0 aromatic heterocycles. The van der Waals surface area contributed by atoms with Crippen LogP contribution in [0.3, 0.4) is 0 Å². The molecule has 0 rings (SSSR count). The number of rotatable bonds is 8. The van der Waals surface area contributed by atoms with Crippen molar-refractivity contribution in [2.75, 3.05) is 19.8 Å². The van der Waals surface area contributed by atoms with Gasteiger partial charge in [-0.2, -0.15) is 0 Å². The molecule has 0 aliphatic carbocycles. The number of aliphatic hydroxyl groups excluding tert-OH is 1. The van der Waals surface area contributed by atoms with E-state index in [0.717, 1.165) is 6.42 Å². The van der Waals surface area contributed by atoms with Crippen LogP contribution in [-0.4, -0.2) is 30.7 Å². The largest absolute Gasteiger partial charge is 0.394 e. The van der Waals surface area contributed by atoms with Crippen molar-refractivity contribution in [3.63, 3.8) is 0 Å². The molecule has 78 valence electrons. The van der Waals surface area contributed by atoms with Gasteiger partial charge in [-0.3, -0.25) is 4.79 Å². The molecule has 0 saturated carbocycles. The monoisotopic (exact) mass is 188 g/mol. The Labute approximate surface area is 80.1 Å². The van der Waals surface area contributed by atoms with Gasteiger partial charge in [0.15, 0.2) is 0 Å². The number of Topliss-reactive ketones (excluding diaryl/α,β-unsaturated/α-hetero) is 1. The smallest absolute Gasteiger partial charge is 0.133 e. The van der Waals surface area contributed by atoms with E-state index in [4.69, 9.17) is 9.84 Å². The Hall–Kier alpha value is -0.410. The van der Waals surface area contributed by atoms with Crippen LogP contribution >= 0.6 is 0 Å². The van der Waals surface area contributed by atoms with Crippen LogP contribution in [0.5, 0.6) is 0 Å². The molecule has 3 nitrogen and oxygen atoms in total. The minimum absolute atomic E-state index is 0.0555. The van der Waals surface area contributed by atoms with Crippen molar-refractivity contribution in [1.82, 2.24) is 0 Å². The highest BCUT2D eigenvalue weighted by Gasteiger charge is 2.04. The molecule has 0 aliphatic heterocycles. The highest BCUT2D eigenvalue weighted by molar-refractivity contribution is 5.78. The molecule has 0 fully saturated rings. The van der Waals surface area contributed by atoms with Crippen molar-refractivity contribution in [2.45, 2.75) is 33.1 Å². The van der Waals surface area contributed by atoms with Gasteiger partial charge in [-0.1, -0.05) is 13.8 Å². The van der Waals surface area contributed by atoms with Crippen molar-refractivity contribution in [1.29, 1.82) is 0 Å². The van der Waals surface area contributed by atoms with Crippen molar-refractivity contribution in [3.05, 3.63) is 0 Å². The Morgan fingerprint density at radius 1 is 1.38 bits per heavy atom. The van der Waals surface area contributed by atoms with E-state index in [9.17, 15) is 4.79 Å². The molecular formula is C10H20O3. The highest BCUT2D eigenvalue weighted by atomic mass is 16.5. The molecule has 1 N–H and O–H groups in total. The van der Waals surface area contributed by atoms with E-state index in [2.05, 4.69) is 0 Å². The van der Waals surface area contributed by atoms with E-state index in [0.29, 0.717) is 37.8 Å². The zero-order chi connectivity index (χ0) is 10.1. The maximum absolute atomic E-state index is 11.2. The van der Waals surface area contributed by atoms with E-state index in [1.54, 1.807) is 0 Å². The van der Waals surface area contributed by atoms with Crippen molar-refractivity contribution in [2.24, 2.45) is 5.92 Å². The second-order valence-electron chi connectivity index (χ2n) is 3.58. The van der Waals surface area contributed by atoms with E-state index in [1.165, 1.54) is 0 Å². The standard InChI is InChI=1S/C10H20O3/c1-9(2)8-10(12)4-3-6-13-7-5-11/h9,11H,3-8H2,1-2H3. The first-order chi connectivity index (χ1) is 6.16. The lowest BCUT2D eigenvalue weighted by Gasteiger charge is -2.04.